The molecule has 0 N–H and O–H groups in total. The van der Waals surface area contributed by atoms with Gasteiger partial charge in [-0.1, -0.05) is 24.3 Å². The Morgan fingerprint density at radius 2 is 1.60 bits per heavy atom. The third-order valence-corrected chi connectivity index (χ3v) is 3.85. The minimum Gasteiger partial charge on any atom is -0.484 e. The Morgan fingerprint density at radius 3 is 2.12 bits per heavy atom. The highest BCUT2D eigenvalue weighted by Crippen LogP contribution is 2.27. The van der Waals surface area contributed by atoms with Crippen LogP contribution in [-0.2, 0) is 6.54 Å². The van der Waals surface area contributed by atoms with Gasteiger partial charge in [-0.3, -0.25) is 14.5 Å². The van der Waals surface area contributed by atoms with E-state index in [2.05, 4.69) is 0 Å². The number of nitrogens with zero attached hydrogens (tertiary/aromatic N) is 1. The van der Waals surface area contributed by atoms with Crippen LogP contribution in [0.15, 0.2) is 42.5 Å². The first-order valence-corrected chi connectivity index (χ1v) is 7.50. The van der Waals surface area contributed by atoms with Gasteiger partial charge in [0.15, 0.2) is 6.61 Å². The highest BCUT2D eigenvalue weighted by atomic mass is 19.4. The van der Waals surface area contributed by atoms with Crippen LogP contribution in [0.5, 0.6) is 5.75 Å². The van der Waals surface area contributed by atoms with E-state index in [4.69, 9.17) is 4.74 Å². The summed E-state index contributed by atoms with van der Waals surface area (Å²) in [6, 6.07) is 11.1. The SMILES string of the molecule is Cc1cc(CN2C(=O)c3ccccc3C2=O)ccc1OCC(F)(F)F. The van der Waals surface area contributed by atoms with Crippen molar-refractivity contribution in [1.29, 1.82) is 0 Å². The van der Waals surface area contributed by atoms with Crippen molar-refractivity contribution >= 4 is 11.8 Å². The van der Waals surface area contributed by atoms with Gasteiger partial charge in [-0.25, -0.2) is 0 Å². The molecule has 0 radical (unpaired) electrons. The van der Waals surface area contributed by atoms with Crippen molar-refractivity contribution in [2.75, 3.05) is 6.61 Å². The van der Waals surface area contributed by atoms with Gasteiger partial charge in [0.25, 0.3) is 11.8 Å². The minimum absolute atomic E-state index is 0.0484. The molecular weight excluding hydrogens is 335 g/mol. The highest BCUT2D eigenvalue weighted by molar-refractivity contribution is 6.21. The summed E-state index contributed by atoms with van der Waals surface area (Å²) in [5.74, 6) is -0.644. The predicted octanol–water partition coefficient (Wildman–Crippen LogP) is 3.73. The van der Waals surface area contributed by atoms with Gasteiger partial charge in [0.2, 0.25) is 0 Å². The van der Waals surface area contributed by atoms with Crippen LogP contribution in [-0.4, -0.2) is 29.5 Å². The van der Waals surface area contributed by atoms with E-state index < -0.39 is 12.8 Å². The first-order valence-electron chi connectivity index (χ1n) is 7.50. The smallest absolute Gasteiger partial charge is 0.422 e. The molecule has 4 nitrogen and oxygen atoms in total. The summed E-state index contributed by atoms with van der Waals surface area (Å²) >= 11 is 0. The minimum atomic E-state index is -4.41. The number of carbonyl (C=O) groups excluding carboxylic acids is 2. The van der Waals surface area contributed by atoms with Crippen molar-refractivity contribution in [2.24, 2.45) is 0 Å². The number of imide groups is 1. The number of alkyl halides is 3. The highest BCUT2D eigenvalue weighted by Gasteiger charge is 2.35. The summed E-state index contributed by atoms with van der Waals surface area (Å²) in [5, 5.41) is 0. The number of amides is 2. The molecule has 0 atom stereocenters. The Bertz CT molecular complexity index is 811. The zero-order chi connectivity index (χ0) is 18.2. The lowest BCUT2D eigenvalue weighted by atomic mass is 10.1. The van der Waals surface area contributed by atoms with Gasteiger partial charge in [-0.2, -0.15) is 13.2 Å². The average molecular weight is 349 g/mol. The zero-order valence-electron chi connectivity index (χ0n) is 13.3. The molecule has 1 aliphatic rings. The first-order chi connectivity index (χ1) is 11.8. The summed E-state index contributed by atoms with van der Waals surface area (Å²) in [5.41, 5.74) is 1.84. The van der Waals surface area contributed by atoms with Crippen molar-refractivity contribution in [3.05, 3.63) is 64.7 Å². The van der Waals surface area contributed by atoms with Crippen LogP contribution in [0.1, 0.15) is 31.8 Å². The second-order valence-electron chi connectivity index (χ2n) is 5.75. The van der Waals surface area contributed by atoms with E-state index in [9.17, 15) is 22.8 Å². The molecule has 2 amide bonds. The van der Waals surface area contributed by atoms with Gasteiger partial charge in [-0.05, 0) is 36.2 Å². The third kappa shape index (κ3) is 3.50. The first kappa shape index (κ1) is 17.0. The molecule has 0 fully saturated rings. The molecule has 0 aromatic heterocycles. The summed E-state index contributed by atoms with van der Waals surface area (Å²) in [6.45, 7) is 0.288. The van der Waals surface area contributed by atoms with Gasteiger partial charge in [0.05, 0.1) is 17.7 Å². The fourth-order valence-corrected chi connectivity index (χ4v) is 2.70. The zero-order valence-corrected chi connectivity index (χ0v) is 13.3. The van der Waals surface area contributed by atoms with Crippen LogP contribution in [0.3, 0.4) is 0 Å². The molecule has 1 heterocycles. The number of benzene rings is 2. The van der Waals surface area contributed by atoms with Crippen molar-refractivity contribution in [3.8, 4) is 5.75 Å². The van der Waals surface area contributed by atoms with E-state index in [-0.39, 0.29) is 24.1 Å². The molecule has 2 aromatic carbocycles. The number of fused-ring (bicyclic) bond motifs is 1. The van der Waals surface area contributed by atoms with Gasteiger partial charge in [0, 0.05) is 0 Å². The lowest BCUT2D eigenvalue weighted by Gasteiger charge is -2.16. The van der Waals surface area contributed by atoms with Crippen molar-refractivity contribution in [1.82, 2.24) is 4.90 Å². The van der Waals surface area contributed by atoms with E-state index in [1.54, 1.807) is 43.3 Å². The van der Waals surface area contributed by atoms with E-state index >= 15 is 0 Å². The Hall–Kier alpha value is -2.83. The molecule has 3 rings (SSSR count). The van der Waals surface area contributed by atoms with Crippen molar-refractivity contribution in [2.45, 2.75) is 19.6 Å². The summed E-state index contributed by atoms with van der Waals surface area (Å²) in [4.78, 5) is 25.8. The number of ether oxygens (including phenoxy) is 1. The molecule has 25 heavy (non-hydrogen) atoms. The summed E-state index contributed by atoms with van der Waals surface area (Å²) in [7, 11) is 0. The Labute approximate surface area is 141 Å². The molecule has 7 heteroatoms. The largest absolute Gasteiger partial charge is 0.484 e. The van der Waals surface area contributed by atoms with Crippen LogP contribution >= 0.6 is 0 Å². The van der Waals surface area contributed by atoms with E-state index in [1.165, 1.54) is 6.07 Å². The maximum atomic E-state index is 12.3. The van der Waals surface area contributed by atoms with Crippen molar-refractivity contribution in [3.63, 3.8) is 0 Å². The quantitative estimate of drug-likeness (QED) is 0.790. The molecule has 0 bridgehead atoms. The monoisotopic (exact) mass is 349 g/mol. The van der Waals surface area contributed by atoms with E-state index in [1.807, 2.05) is 0 Å². The average Bonchev–Trinajstić information content (AvgIpc) is 2.79. The second kappa shape index (κ2) is 6.23. The lowest BCUT2D eigenvalue weighted by molar-refractivity contribution is -0.153. The molecule has 0 saturated carbocycles. The number of rotatable bonds is 4. The molecular formula is C18H14F3NO3. The molecule has 0 saturated heterocycles. The van der Waals surface area contributed by atoms with Crippen molar-refractivity contribution < 1.29 is 27.5 Å². The fraction of sp³-hybridized carbons (Fsp3) is 0.222. The maximum absolute atomic E-state index is 12.3. The number of hydrogen-bond acceptors (Lipinski definition) is 3. The summed E-state index contributed by atoms with van der Waals surface area (Å²) in [6.07, 6.45) is -4.41. The normalized spacial score (nSPS) is 14.0. The standard InChI is InChI=1S/C18H14F3NO3/c1-11-8-12(6-7-15(11)25-10-18(19,20)21)9-22-16(23)13-4-2-3-5-14(13)17(22)24/h2-8H,9-10H2,1H3. The lowest BCUT2D eigenvalue weighted by Crippen LogP contribution is -2.29. The number of halogens is 3. The number of hydrogen-bond donors (Lipinski definition) is 0. The Balaban J connectivity index is 1.75. The number of aryl methyl sites for hydroxylation is 1. The van der Waals surface area contributed by atoms with Gasteiger partial charge in [-0.15, -0.1) is 0 Å². The van der Waals surface area contributed by atoms with Crippen LogP contribution in [0, 0.1) is 6.92 Å². The predicted molar refractivity (Wildman–Crippen MR) is 83.4 cm³/mol. The van der Waals surface area contributed by atoms with Crippen LogP contribution in [0.25, 0.3) is 0 Å². The molecule has 0 unspecified atom stereocenters. The van der Waals surface area contributed by atoms with E-state index in [0.717, 1.165) is 4.90 Å². The molecule has 2 aromatic rings. The van der Waals surface area contributed by atoms with E-state index in [0.29, 0.717) is 22.3 Å². The van der Waals surface area contributed by atoms with Gasteiger partial charge < -0.3 is 4.74 Å². The molecule has 0 aliphatic carbocycles. The second-order valence-corrected chi connectivity index (χ2v) is 5.75. The molecule has 130 valence electrons. The maximum Gasteiger partial charge on any atom is 0.422 e. The Kier molecular flexibility index (Phi) is 4.24. The topological polar surface area (TPSA) is 46.6 Å². The third-order valence-electron chi connectivity index (χ3n) is 3.85. The van der Waals surface area contributed by atoms with Gasteiger partial charge >= 0.3 is 6.18 Å². The van der Waals surface area contributed by atoms with Crippen LogP contribution in [0.2, 0.25) is 0 Å². The number of carbonyl (C=O) groups is 2. The Morgan fingerprint density at radius 1 is 1.00 bits per heavy atom. The van der Waals surface area contributed by atoms with Crippen LogP contribution < -0.4 is 4.74 Å². The fourth-order valence-electron chi connectivity index (χ4n) is 2.70. The van der Waals surface area contributed by atoms with Gasteiger partial charge in [0.1, 0.15) is 5.75 Å². The molecule has 0 spiro atoms. The van der Waals surface area contributed by atoms with Crippen LogP contribution in [0.4, 0.5) is 13.2 Å². The molecule has 1 aliphatic heterocycles. The summed E-state index contributed by atoms with van der Waals surface area (Å²) < 4.78 is 41.4.